The number of ether oxygens (including phenoxy) is 1. The van der Waals surface area contributed by atoms with Crippen molar-refractivity contribution in [2.24, 2.45) is 5.92 Å². The Balaban J connectivity index is 1.92. The first kappa shape index (κ1) is 21.1. The van der Waals surface area contributed by atoms with Gasteiger partial charge in [-0.2, -0.15) is 0 Å². The first-order valence-electron chi connectivity index (χ1n) is 10.1. The number of hydrogen-bond donors (Lipinski definition) is 0. The van der Waals surface area contributed by atoms with E-state index < -0.39 is 0 Å². The molecule has 0 aliphatic heterocycles. The summed E-state index contributed by atoms with van der Waals surface area (Å²) in [5.74, 6) is 1.15. The summed E-state index contributed by atoms with van der Waals surface area (Å²) in [5.41, 5.74) is 3.30. The minimum atomic E-state index is -0.127. The molecule has 0 N–H and O–H groups in total. The Morgan fingerprint density at radius 1 is 1.07 bits per heavy atom. The van der Waals surface area contributed by atoms with Crippen LogP contribution in [0.1, 0.15) is 70.4 Å². The first-order valence-corrected chi connectivity index (χ1v) is 10.1. The number of aryl methyl sites for hydroxylation is 1. The Kier molecular flexibility index (Phi) is 8.43. The predicted octanol–water partition coefficient (Wildman–Crippen LogP) is 5.57. The van der Waals surface area contributed by atoms with Gasteiger partial charge in [0.1, 0.15) is 0 Å². The Labute approximate surface area is 163 Å². The van der Waals surface area contributed by atoms with Gasteiger partial charge < -0.3 is 4.74 Å². The van der Waals surface area contributed by atoms with Crippen molar-refractivity contribution < 1.29 is 9.53 Å². The fourth-order valence-electron chi connectivity index (χ4n) is 2.75. The van der Waals surface area contributed by atoms with Gasteiger partial charge in [0, 0.05) is 18.0 Å². The van der Waals surface area contributed by atoms with Gasteiger partial charge in [0.25, 0.3) is 0 Å². The molecule has 2 aromatic rings. The van der Waals surface area contributed by atoms with Crippen molar-refractivity contribution >= 4 is 5.97 Å². The van der Waals surface area contributed by atoms with Gasteiger partial charge in [-0.3, -0.25) is 4.79 Å². The van der Waals surface area contributed by atoms with E-state index >= 15 is 0 Å². The lowest BCUT2D eigenvalue weighted by molar-refractivity contribution is -0.145. The van der Waals surface area contributed by atoms with Gasteiger partial charge in [-0.25, -0.2) is 9.97 Å². The van der Waals surface area contributed by atoms with Crippen molar-refractivity contribution in [1.29, 1.82) is 0 Å². The van der Waals surface area contributed by atoms with Crippen LogP contribution >= 0.6 is 0 Å². The molecule has 0 spiro atoms. The molecule has 1 aromatic carbocycles. The molecule has 2 unspecified atom stereocenters. The zero-order valence-electron chi connectivity index (χ0n) is 17.1. The predicted molar refractivity (Wildman–Crippen MR) is 110 cm³/mol. The van der Waals surface area contributed by atoms with E-state index in [0.29, 0.717) is 18.9 Å². The molecule has 2 atom stereocenters. The van der Waals surface area contributed by atoms with Crippen molar-refractivity contribution in [1.82, 2.24) is 9.97 Å². The smallest absolute Gasteiger partial charge is 0.306 e. The van der Waals surface area contributed by atoms with Crippen LogP contribution in [-0.2, 0) is 16.0 Å². The molecule has 4 nitrogen and oxygen atoms in total. The number of nitrogens with zero attached hydrogens (tertiary/aromatic N) is 2. The highest BCUT2D eigenvalue weighted by Gasteiger charge is 2.14. The van der Waals surface area contributed by atoms with Crippen LogP contribution in [-0.4, -0.2) is 22.5 Å². The molecule has 0 bridgehead atoms. The van der Waals surface area contributed by atoms with Gasteiger partial charge in [-0.15, -0.1) is 0 Å². The third kappa shape index (κ3) is 6.78. The molecular weight excluding hydrogens is 336 g/mol. The number of benzene rings is 1. The van der Waals surface area contributed by atoms with Crippen LogP contribution in [0.2, 0.25) is 0 Å². The molecule has 0 aliphatic rings. The molecule has 146 valence electrons. The SMILES string of the molecule is CCCCc1cnc(-c2ccc(C(C)CC(=O)OCC(C)CC)cc2)nc1. The van der Waals surface area contributed by atoms with Gasteiger partial charge in [-0.05, 0) is 35.8 Å². The summed E-state index contributed by atoms with van der Waals surface area (Å²) >= 11 is 0. The van der Waals surface area contributed by atoms with Crippen LogP contribution in [0.25, 0.3) is 11.4 Å². The third-order valence-corrected chi connectivity index (χ3v) is 4.96. The number of unbranched alkanes of at least 4 members (excludes halogenated alkanes) is 1. The van der Waals surface area contributed by atoms with E-state index in [2.05, 4.69) is 49.8 Å². The first-order chi connectivity index (χ1) is 13.0. The lowest BCUT2D eigenvalue weighted by Gasteiger charge is -2.14. The van der Waals surface area contributed by atoms with Gasteiger partial charge in [0.2, 0.25) is 0 Å². The van der Waals surface area contributed by atoms with Crippen molar-refractivity contribution in [3.05, 3.63) is 47.8 Å². The van der Waals surface area contributed by atoms with Crippen LogP contribution < -0.4 is 0 Å². The monoisotopic (exact) mass is 368 g/mol. The molecule has 27 heavy (non-hydrogen) atoms. The summed E-state index contributed by atoms with van der Waals surface area (Å²) in [6, 6.07) is 8.15. The topological polar surface area (TPSA) is 52.1 Å². The third-order valence-electron chi connectivity index (χ3n) is 4.96. The Morgan fingerprint density at radius 2 is 1.74 bits per heavy atom. The fourth-order valence-corrected chi connectivity index (χ4v) is 2.75. The summed E-state index contributed by atoms with van der Waals surface area (Å²) < 4.78 is 5.36. The minimum absolute atomic E-state index is 0.126. The van der Waals surface area contributed by atoms with Crippen LogP contribution in [0.4, 0.5) is 0 Å². The molecule has 2 rings (SSSR count). The van der Waals surface area contributed by atoms with Crippen molar-refractivity contribution in [2.75, 3.05) is 6.61 Å². The van der Waals surface area contributed by atoms with Gasteiger partial charge in [-0.1, -0.05) is 64.8 Å². The number of aromatic nitrogens is 2. The summed E-state index contributed by atoms with van der Waals surface area (Å²) in [7, 11) is 0. The van der Waals surface area contributed by atoms with Gasteiger partial charge >= 0.3 is 5.97 Å². The van der Waals surface area contributed by atoms with Crippen molar-refractivity contribution in [3.63, 3.8) is 0 Å². The van der Waals surface area contributed by atoms with Gasteiger partial charge in [0.15, 0.2) is 5.82 Å². The average molecular weight is 369 g/mol. The highest BCUT2D eigenvalue weighted by Crippen LogP contribution is 2.23. The molecule has 0 saturated heterocycles. The molecule has 0 fully saturated rings. The summed E-state index contributed by atoms with van der Waals surface area (Å²) in [6.07, 6.45) is 8.62. The fraction of sp³-hybridized carbons (Fsp3) is 0.522. The Bertz CT molecular complexity index is 695. The maximum atomic E-state index is 12.0. The number of carbonyl (C=O) groups is 1. The lowest BCUT2D eigenvalue weighted by atomic mass is 9.96. The Hall–Kier alpha value is -2.23. The highest BCUT2D eigenvalue weighted by atomic mass is 16.5. The lowest BCUT2D eigenvalue weighted by Crippen LogP contribution is -2.13. The molecule has 4 heteroatoms. The molecule has 1 aromatic heterocycles. The van der Waals surface area contributed by atoms with Crippen LogP contribution in [0.15, 0.2) is 36.7 Å². The largest absolute Gasteiger partial charge is 0.465 e. The molecule has 0 saturated carbocycles. The maximum absolute atomic E-state index is 12.0. The zero-order valence-corrected chi connectivity index (χ0v) is 17.1. The maximum Gasteiger partial charge on any atom is 0.306 e. The number of carbonyl (C=O) groups excluding carboxylic acids is 1. The van der Waals surface area contributed by atoms with Crippen LogP contribution in [0, 0.1) is 5.92 Å². The normalized spacial score (nSPS) is 13.2. The van der Waals surface area contributed by atoms with Crippen LogP contribution in [0.3, 0.4) is 0 Å². The van der Waals surface area contributed by atoms with E-state index in [4.69, 9.17) is 4.74 Å². The number of esters is 1. The zero-order chi connectivity index (χ0) is 19.6. The molecular formula is C23H32N2O2. The summed E-state index contributed by atoms with van der Waals surface area (Å²) in [4.78, 5) is 21.0. The molecule has 1 heterocycles. The molecule has 0 amide bonds. The second-order valence-corrected chi connectivity index (χ2v) is 7.44. The molecule has 0 radical (unpaired) electrons. The number of rotatable bonds is 10. The minimum Gasteiger partial charge on any atom is -0.465 e. The van der Waals surface area contributed by atoms with E-state index in [-0.39, 0.29) is 11.9 Å². The van der Waals surface area contributed by atoms with Crippen molar-refractivity contribution in [3.8, 4) is 11.4 Å². The second kappa shape index (κ2) is 10.8. The van der Waals surface area contributed by atoms with E-state index in [1.54, 1.807) is 0 Å². The highest BCUT2D eigenvalue weighted by molar-refractivity contribution is 5.70. The van der Waals surface area contributed by atoms with Gasteiger partial charge in [0.05, 0.1) is 13.0 Å². The average Bonchev–Trinajstić information content (AvgIpc) is 2.71. The van der Waals surface area contributed by atoms with Crippen LogP contribution in [0.5, 0.6) is 0 Å². The van der Waals surface area contributed by atoms with E-state index in [9.17, 15) is 4.79 Å². The quantitative estimate of drug-likeness (QED) is 0.515. The summed E-state index contributed by atoms with van der Waals surface area (Å²) in [5, 5.41) is 0. The van der Waals surface area contributed by atoms with E-state index in [1.807, 2.05) is 24.5 Å². The van der Waals surface area contributed by atoms with E-state index in [1.165, 1.54) is 12.0 Å². The second-order valence-electron chi connectivity index (χ2n) is 7.44. The van der Waals surface area contributed by atoms with Crippen molar-refractivity contribution in [2.45, 2.75) is 65.7 Å². The number of hydrogen-bond acceptors (Lipinski definition) is 4. The Morgan fingerprint density at radius 3 is 2.33 bits per heavy atom. The van der Waals surface area contributed by atoms with E-state index in [0.717, 1.165) is 36.2 Å². The standard InChI is InChI=1S/C23H32N2O2/c1-5-7-8-19-14-24-23(25-15-19)21-11-9-20(10-12-21)18(4)13-22(26)27-16-17(3)6-2/h9-12,14-15,17-18H,5-8,13,16H2,1-4H3. The molecule has 0 aliphatic carbocycles. The summed E-state index contributed by atoms with van der Waals surface area (Å²) in [6.45, 7) is 8.94.